The van der Waals surface area contributed by atoms with Crippen LogP contribution in [0.2, 0.25) is 0 Å². The summed E-state index contributed by atoms with van der Waals surface area (Å²) in [5, 5.41) is 12.0. The molecule has 0 aliphatic rings. The third-order valence-corrected chi connectivity index (χ3v) is 3.69. The summed E-state index contributed by atoms with van der Waals surface area (Å²) in [4.78, 5) is 23.0. The van der Waals surface area contributed by atoms with Gasteiger partial charge in [0.25, 0.3) is 0 Å². The highest BCUT2D eigenvalue weighted by atomic mass is 16.4. The predicted octanol–water partition coefficient (Wildman–Crippen LogP) is 2.39. The van der Waals surface area contributed by atoms with E-state index in [1.165, 1.54) is 0 Å². The van der Waals surface area contributed by atoms with Crippen molar-refractivity contribution in [3.05, 3.63) is 0 Å². The molecule has 5 nitrogen and oxygen atoms in total. The Labute approximate surface area is 128 Å². The van der Waals surface area contributed by atoms with Gasteiger partial charge in [0, 0.05) is 13.0 Å². The van der Waals surface area contributed by atoms with Gasteiger partial charge in [0.05, 0.1) is 5.92 Å². The molecule has 4 N–H and O–H groups in total. The Bertz CT molecular complexity index is 324. The van der Waals surface area contributed by atoms with Crippen molar-refractivity contribution in [3.8, 4) is 0 Å². The Hall–Kier alpha value is -1.10. The van der Waals surface area contributed by atoms with Crippen molar-refractivity contribution >= 4 is 11.9 Å². The van der Waals surface area contributed by atoms with Crippen molar-refractivity contribution < 1.29 is 14.7 Å². The second-order valence-electron chi connectivity index (χ2n) is 6.99. The van der Waals surface area contributed by atoms with Gasteiger partial charge in [-0.1, -0.05) is 34.1 Å². The van der Waals surface area contributed by atoms with Crippen LogP contribution in [-0.2, 0) is 9.59 Å². The standard InChI is InChI=1S/C16H32N2O3/c1-5-12(8-9-17)6-7-14(19)18-11-13(15(20)21)10-16(2,3)4/h12-13H,5-11,17H2,1-4H3,(H,18,19)(H,20,21). The van der Waals surface area contributed by atoms with Crippen molar-refractivity contribution in [2.75, 3.05) is 13.1 Å². The molecule has 0 fully saturated rings. The zero-order valence-corrected chi connectivity index (χ0v) is 13.9. The van der Waals surface area contributed by atoms with Crippen molar-refractivity contribution in [1.82, 2.24) is 5.32 Å². The number of nitrogens with two attached hydrogens (primary N) is 1. The van der Waals surface area contributed by atoms with E-state index in [9.17, 15) is 14.7 Å². The first-order valence-electron chi connectivity index (χ1n) is 7.89. The lowest BCUT2D eigenvalue weighted by Crippen LogP contribution is -2.35. The summed E-state index contributed by atoms with van der Waals surface area (Å²) in [5.41, 5.74) is 5.47. The van der Waals surface area contributed by atoms with E-state index < -0.39 is 11.9 Å². The van der Waals surface area contributed by atoms with Crippen LogP contribution in [0.1, 0.15) is 59.8 Å². The molecular weight excluding hydrogens is 268 g/mol. The molecule has 5 heteroatoms. The number of carboxylic acid groups (broad SMARTS) is 1. The summed E-state index contributed by atoms with van der Waals surface area (Å²) < 4.78 is 0. The number of amides is 1. The second kappa shape index (κ2) is 9.77. The first-order chi connectivity index (χ1) is 9.69. The summed E-state index contributed by atoms with van der Waals surface area (Å²) in [5.74, 6) is -0.962. The average Bonchev–Trinajstić information content (AvgIpc) is 2.37. The van der Waals surface area contributed by atoms with E-state index in [0.717, 1.165) is 19.3 Å². The van der Waals surface area contributed by atoms with E-state index in [4.69, 9.17) is 5.73 Å². The lowest BCUT2D eigenvalue weighted by atomic mass is 9.84. The molecule has 0 saturated carbocycles. The van der Waals surface area contributed by atoms with Gasteiger partial charge in [0.1, 0.15) is 0 Å². The number of aliphatic carboxylic acids is 1. The van der Waals surface area contributed by atoms with Crippen LogP contribution in [0.15, 0.2) is 0 Å². The molecule has 0 aromatic rings. The molecule has 0 aliphatic carbocycles. The maximum Gasteiger partial charge on any atom is 0.308 e. The number of rotatable bonds is 10. The van der Waals surface area contributed by atoms with Gasteiger partial charge in [-0.2, -0.15) is 0 Å². The van der Waals surface area contributed by atoms with Crippen molar-refractivity contribution in [3.63, 3.8) is 0 Å². The molecule has 0 saturated heterocycles. The highest BCUT2D eigenvalue weighted by Gasteiger charge is 2.24. The van der Waals surface area contributed by atoms with Gasteiger partial charge in [-0.15, -0.1) is 0 Å². The molecule has 0 aliphatic heterocycles. The lowest BCUT2D eigenvalue weighted by Gasteiger charge is -2.23. The van der Waals surface area contributed by atoms with E-state index in [0.29, 0.717) is 25.3 Å². The minimum Gasteiger partial charge on any atom is -0.481 e. The molecule has 0 spiro atoms. The normalized spacial score (nSPS) is 14.5. The van der Waals surface area contributed by atoms with Crippen molar-refractivity contribution in [2.45, 2.75) is 59.8 Å². The second-order valence-corrected chi connectivity index (χ2v) is 6.99. The van der Waals surface area contributed by atoms with Crippen molar-refractivity contribution in [1.29, 1.82) is 0 Å². The Morgan fingerprint density at radius 2 is 1.86 bits per heavy atom. The highest BCUT2D eigenvalue weighted by Crippen LogP contribution is 2.24. The van der Waals surface area contributed by atoms with Crippen LogP contribution in [0.5, 0.6) is 0 Å². The summed E-state index contributed by atoms with van der Waals surface area (Å²) in [6.45, 7) is 8.96. The fourth-order valence-corrected chi connectivity index (χ4v) is 2.43. The number of hydrogen-bond donors (Lipinski definition) is 3. The summed E-state index contributed by atoms with van der Waals surface area (Å²) >= 11 is 0. The summed E-state index contributed by atoms with van der Waals surface area (Å²) in [6.07, 6.45) is 3.77. The number of carbonyl (C=O) groups is 2. The molecule has 1 amide bonds. The fraction of sp³-hybridized carbons (Fsp3) is 0.875. The highest BCUT2D eigenvalue weighted by molar-refractivity contribution is 5.77. The van der Waals surface area contributed by atoms with E-state index in [1.807, 2.05) is 20.8 Å². The third-order valence-electron chi connectivity index (χ3n) is 3.69. The van der Waals surface area contributed by atoms with Gasteiger partial charge in [-0.05, 0) is 37.1 Å². The minimum absolute atomic E-state index is 0.0642. The molecule has 124 valence electrons. The van der Waals surface area contributed by atoms with Gasteiger partial charge in [0.2, 0.25) is 5.91 Å². The molecule has 2 atom stereocenters. The van der Waals surface area contributed by atoms with Gasteiger partial charge >= 0.3 is 5.97 Å². The maximum absolute atomic E-state index is 11.8. The number of carboxylic acids is 1. The van der Waals surface area contributed by atoms with E-state index in [1.54, 1.807) is 0 Å². The first kappa shape index (κ1) is 19.9. The lowest BCUT2D eigenvalue weighted by molar-refractivity contribution is -0.142. The molecule has 0 aromatic carbocycles. The zero-order valence-electron chi connectivity index (χ0n) is 13.9. The molecule has 0 heterocycles. The SMILES string of the molecule is CCC(CCN)CCC(=O)NCC(CC(C)(C)C)C(=O)O. The fourth-order valence-electron chi connectivity index (χ4n) is 2.43. The largest absolute Gasteiger partial charge is 0.481 e. The predicted molar refractivity (Wildman–Crippen MR) is 84.9 cm³/mol. The first-order valence-corrected chi connectivity index (χ1v) is 7.89. The van der Waals surface area contributed by atoms with Crippen LogP contribution in [0.4, 0.5) is 0 Å². The Morgan fingerprint density at radius 1 is 1.24 bits per heavy atom. The van der Waals surface area contributed by atoms with Crippen LogP contribution in [0, 0.1) is 17.3 Å². The quantitative estimate of drug-likeness (QED) is 0.577. The van der Waals surface area contributed by atoms with Gasteiger partial charge in [-0.25, -0.2) is 0 Å². The number of hydrogen-bond acceptors (Lipinski definition) is 3. The minimum atomic E-state index is -0.847. The Kier molecular flexibility index (Phi) is 9.26. The summed E-state index contributed by atoms with van der Waals surface area (Å²) in [7, 11) is 0. The van der Waals surface area contributed by atoms with Gasteiger partial charge < -0.3 is 16.2 Å². The van der Waals surface area contributed by atoms with Crippen LogP contribution < -0.4 is 11.1 Å². The topological polar surface area (TPSA) is 92.4 Å². The van der Waals surface area contributed by atoms with Crippen LogP contribution >= 0.6 is 0 Å². The van der Waals surface area contributed by atoms with Crippen LogP contribution in [0.25, 0.3) is 0 Å². The average molecular weight is 300 g/mol. The van der Waals surface area contributed by atoms with E-state index in [-0.39, 0.29) is 17.9 Å². The summed E-state index contributed by atoms with van der Waals surface area (Å²) in [6, 6.07) is 0. The van der Waals surface area contributed by atoms with Gasteiger partial charge in [0.15, 0.2) is 0 Å². The van der Waals surface area contributed by atoms with E-state index in [2.05, 4.69) is 12.2 Å². The van der Waals surface area contributed by atoms with E-state index >= 15 is 0 Å². The molecule has 0 bridgehead atoms. The smallest absolute Gasteiger partial charge is 0.308 e. The molecular formula is C16H32N2O3. The Morgan fingerprint density at radius 3 is 2.29 bits per heavy atom. The van der Waals surface area contributed by atoms with Crippen LogP contribution in [-0.4, -0.2) is 30.1 Å². The molecule has 0 rings (SSSR count). The maximum atomic E-state index is 11.8. The van der Waals surface area contributed by atoms with Crippen LogP contribution in [0.3, 0.4) is 0 Å². The molecule has 2 unspecified atom stereocenters. The molecule has 0 radical (unpaired) electrons. The Balaban J connectivity index is 4.16. The number of nitrogens with one attached hydrogen (secondary N) is 1. The zero-order chi connectivity index (χ0) is 16.5. The molecule has 21 heavy (non-hydrogen) atoms. The van der Waals surface area contributed by atoms with Gasteiger partial charge in [-0.3, -0.25) is 9.59 Å². The third kappa shape index (κ3) is 10.3. The molecule has 0 aromatic heterocycles. The monoisotopic (exact) mass is 300 g/mol. The number of carbonyl (C=O) groups excluding carboxylic acids is 1. The van der Waals surface area contributed by atoms with Crippen molar-refractivity contribution in [2.24, 2.45) is 23.0 Å².